The van der Waals surface area contributed by atoms with Crippen LogP contribution in [0.2, 0.25) is 0 Å². The summed E-state index contributed by atoms with van der Waals surface area (Å²) in [6, 6.07) is 11.1. The van der Waals surface area contributed by atoms with Crippen LogP contribution in [0.15, 0.2) is 36.5 Å². The first-order chi connectivity index (χ1) is 11.4. The maximum absolute atomic E-state index is 4.84. The van der Waals surface area contributed by atoms with Gasteiger partial charge in [-0.15, -0.1) is 0 Å². The number of nitrogens with zero attached hydrogens (tertiary/aromatic N) is 3. The lowest BCUT2D eigenvalue weighted by Gasteiger charge is -2.26. The van der Waals surface area contributed by atoms with Gasteiger partial charge in [0.15, 0.2) is 0 Å². The van der Waals surface area contributed by atoms with Crippen LogP contribution >= 0.6 is 0 Å². The molecule has 120 valence electrons. The van der Waals surface area contributed by atoms with Gasteiger partial charge in [-0.25, -0.2) is 9.97 Å². The number of hydrogen-bond donors (Lipinski definition) is 1. The van der Waals surface area contributed by atoms with Crippen molar-refractivity contribution in [2.75, 3.05) is 18.0 Å². The van der Waals surface area contributed by atoms with Gasteiger partial charge in [-0.2, -0.15) is 0 Å². The topological polar surface area (TPSA) is 41.1 Å². The van der Waals surface area contributed by atoms with Crippen molar-refractivity contribution in [3.8, 4) is 0 Å². The predicted octanol–water partition coefficient (Wildman–Crippen LogP) is 2.72. The van der Waals surface area contributed by atoms with E-state index in [4.69, 9.17) is 4.98 Å². The third-order valence-corrected chi connectivity index (χ3v) is 4.96. The first-order valence-corrected chi connectivity index (χ1v) is 8.75. The molecule has 2 aromatic rings. The average Bonchev–Trinajstić information content (AvgIpc) is 3.15. The minimum Gasteiger partial charge on any atom is -0.341 e. The highest BCUT2D eigenvalue weighted by Crippen LogP contribution is 2.23. The summed E-state index contributed by atoms with van der Waals surface area (Å²) < 4.78 is 0. The van der Waals surface area contributed by atoms with Crippen molar-refractivity contribution in [2.24, 2.45) is 0 Å². The second-order valence-electron chi connectivity index (χ2n) is 6.64. The summed E-state index contributed by atoms with van der Waals surface area (Å²) in [4.78, 5) is 11.8. The second-order valence-corrected chi connectivity index (χ2v) is 6.64. The number of anilines is 1. The van der Waals surface area contributed by atoms with Crippen molar-refractivity contribution < 1.29 is 0 Å². The number of aromatic nitrogens is 2. The zero-order chi connectivity index (χ0) is 15.5. The van der Waals surface area contributed by atoms with Crippen LogP contribution < -0.4 is 10.2 Å². The van der Waals surface area contributed by atoms with Crippen molar-refractivity contribution in [2.45, 2.75) is 44.7 Å². The number of fused-ring (bicyclic) bond motifs is 1. The van der Waals surface area contributed by atoms with E-state index in [9.17, 15) is 0 Å². The van der Waals surface area contributed by atoms with Gasteiger partial charge >= 0.3 is 0 Å². The summed E-state index contributed by atoms with van der Waals surface area (Å²) in [5, 5.41) is 3.68. The summed E-state index contributed by atoms with van der Waals surface area (Å²) in [5.74, 6) is 0.942. The van der Waals surface area contributed by atoms with Gasteiger partial charge in [0.1, 0.15) is 0 Å². The summed E-state index contributed by atoms with van der Waals surface area (Å²) in [6.07, 6.45) is 7.87. The maximum atomic E-state index is 4.84. The lowest BCUT2D eigenvalue weighted by atomic mass is 9.92. The molecule has 1 aromatic carbocycles. The molecule has 0 saturated carbocycles. The normalized spacial score (nSPS) is 20.5. The molecule has 1 N–H and O–H groups in total. The molecule has 2 aliphatic rings. The Balaban J connectivity index is 1.39. The van der Waals surface area contributed by atoms with Crippen molar-refractivity contribution in [1.82, 2.24) is 15.3 Å². The van der Waals surface area contributed by atoms with E-state index in [0.717, 1.165) is 44.8 Å². The van der Waals surface area contributed by atoms with E-state index in [1.54, 1.807) is 0 Å². The fourth-order valence-electron chi connectivity index (χ4n) is 3.60. The third-order valence-electron chi connectivity index (χ3n) is 4.96. The predicted molar refractivity (Wildman–Crippen MR) is 92.6 cm³/mol. The largest absolute Gasteiger partial charge is 0.341 e. The molecule has 4 heteroatoms. The molecular weight excluding hydrogens is 284 g/mol. The van der Waals surface area contributed by atoms with Crippen molar-refractivity contribution >= 4 is 5.95 Å². The second kappa shape index (κ2) is 6.67. The van der Waals surface area contributed by atoms with E-state index in [1.165, 1.54) is 29.7 Å². The summed E-state index contributed by atoms with van der Waals surface area (Å²) in [7, 11) is 0. The van der Waals surface area contributed by atoms with Gasteiger partial charge in [-0.1, -0.05) is 30.3 Å². The van der Waals surface area contributed by atoms with Gasteiger partial charge in [-0.3, -0.25) is 0 Å². The Morgan fingerprint density at radius 1 is 1.13 bits per heavy atom. The van der Waals surface area contributed by atoms with Crippen LogP contribution in [0, 0.1) is 0 Å². The Kier molecular flexibility index (Phi) is 4.24. The Labute approximate surface area is 138 Å². The number of rotatable bonds is 4. The summed E-state index contributed by atoms with van der Waals surface area (Å²) in [5.41, 5.74) is 3.93. The number of aryl methyl sites for hydroxylation is 1. The minimum atomic E-state index is 0.531. The van der Waals surface area contributed by atoms with Crippen LogP contribution in [0.4, 0.5) is 5.95 Å². The molecule has 1 atom stereocenters. The molecular formula is C19H24N4. The van der Waals surface area contributed by atoms with Crippen LogP contribution in [-0.4, -0.2) is 29.1 Å². The summed E-state index contributed by atoms with van der Waals surface area (Å²) >= 11 is 0. The van der Waals surface area contributed by atoms with Gasteiger partial charge in [-0.05, 0) is 43.2 Å². The first kappa shape index (κ1) is 14.6. The molecule has 1 aliphatic carbocycles. The standard InChI is InChI=1S/C19H24N4/c1-2-6-15(7-3-1)13-20-17-8-9-18-16(12-17)14-21-19(22-18)23-10-4-5-11-23/h1-3,6-7,14,17,20H,4-5,8-13H2/t17-/m0/s1. The van der Waals surface area contributed by atoms with Gasteiger partial charge in [0, 0.05) is 37.6 Å². The molecule has 1 aromatic heterocycles. The molecule has 1 fully saturated rings. The van der Waals surface area contributed by atoms with Gasteiger partial charge in [0.05, 0.1) is 0 Å². The van der Waals surface area contributed by atoms with Crippen molar-refractivity contribution in [3.63, 3.8) is 0 Å². The Morgan fingerprint density at radius 2 is 1.96 bits per heavy atom. The number of hydrogen-bond acceptors (Lipinski definition) is 4. The summed E-state index contributed by atoms with van der Waals surface area (Å²) in [6.45, 7) is 3.16. The van der Waals surface area contributed by atoms with Gasteiger partial charge < -0.3 is 10.2 Å². The third kappa shape index (κ3) is 3.37. The van der Waals surface area contributed by atoms with E-state index < -0.39 is 0 Å². The Hall–Kier alpha value is -1.94. The molecule has 0 spiro atoms. The van der Waals surface area contributed by atoms with Gasteiger partial charge in [0.2, 0.25) is 5.95 Å². The van der Waals surface area contributed by atoms with E-state index >= 15 is 0 Å². The Morgan fingerprint density at radius 3 is 2.78 bits per heavy atom. The molecule has 0 bridgehead atoms. The molecule has 0 radical (unpaired) electrons. The fourth-order valence-corrected chi connectivity index (χ4v) is 3.60. The number of benzene rings is 1. The van der Waals surface area contributed by atoms with Crippen LogP contribution in [0.3, 0.4) is 0 Å². The van der Waals surface area contributed by atoms with Crippen LogP contribution in [0.5, 0.6) is 0 Å². The first-order valence-electron chi connectivity index (χ1n) is 8.75. The molecule has 4 rings (SSSR count). The van der Waals surface area contributed by atoms with Crippen LogP contribution in [-0.2, 0) is 19.4 Å². The van der Waals surface area contributed by atoms with E-state index in [1.807, 2.05) is 0 Å². The van der Waals surface area contributed by atoms with E-state index in [-0.39, 0.29) is 0 Å². The van der Waals surface area contributed by atoms with E-state index in [2.05, 4.69) is 51.7 Å². The molecule has 2 heterocycles. The SMILES string of the molecule is c1ccc(CN[C@H]2CCc3nc(N4CCCC4)ncc3C2)cc1. The highest BCUT2D eigenvalue weighted by Gasteiger charge is 2.22. The zero-order valence-corrected chi connectivity index (χ0v) is 13.5. The Bertz CT molecular complexity index is 650. The molecule has 0 amide bonds. The van der Waals surface area contributed by atoms with E-state index in [0.29, 0.717) is 6.04 Å². The van der Waals surface area contributed by atoms with Crippen LogP contribution in [0.25, 0.3) is 0 Å². The molecule has 4 nitrogen and oxygen atoms in total. The quantitative estimate of drug-likeness (QED) is 0.943. The van der Waals surface area contributed by atoms with Gasteiger partial charge in [0.25, 0.3) is 0 Å². The number of nitrogens with one attached hydrogen (secondary N) is 1. The highest BCUT2D eigenvalue weighted by molar-refractivity contribution is 5.35. The molecule has 1 aliphatic heterocycles. The zero-order valence-electron chi connectivity index (χ0n) is 13.5. The van der Waals surface area contributed by atoms with Crippen molar-refractivity contribution in [3.05, 3.63) is 53.3 Å². The monoisotopic (exact) mass is 308 g/mol. The molecule has 0 unspecified atom stereocenters. The fraction of sp³-hybridized carbons (Fsp3) is 0.474. The average molecular weight is 308 g/mol. The molecule has 23 heavy (non-hydrogen) atoms. The lowest BCUT2D eigenvalue weighted by Crippen LogP contribution is -2.35. The van der Waals surface area contributed by atoms with Crippen LogP contribution in [0.1, 0.15) is 36.1 Å². The molecule has 1 saturated heterocycles. The lowest BCUT2D eigenvalue weighted by molar-refractivity contribution is 0.452. The highest BCUT2D eigenvalue weighted by atomic mass is 15.3. The van der Waals surface area contributed by atoms with Crippen molar-refractivity contribution in [1.29, 1.82) is 0 Å². The minimum absolute atomic E-state index is 0.531. The smallest absolute Gasteiger partial charge is 0.225 e. The maximum Gasteiger partial charge on any atom is 0.225 e.